The van der Waals surface area contributed by atoms with Crippen LogP contribution in [0.25, 0.3) is 32.7 Å². The summed E-state index contributed by atoms with van der Waals surface area (Å²) in [6.45, 7) is 2.77. The summed E-state index contributed by atoms with van der Waals surface area (Å²) in [6, 6.07) is 6.16. The van der Waals surface area contributed by atoms with Crippen LogP contribution in [0.1, 0.15) is 58.5 Å². The van der Waals surface area contributed by atoms with Crippen LogP contribution in [0.4, 0.5) is 0 Å². The maximum atomic E-state index is 12.9. The minimum atomic E-state index is -0.859. The zero-order chi connectivity index (χ0) is 33.2. The van der Waals surface area contributed by atoms with E-state index < -0.39 is 47.1 Å². The van der Waals surface area contributed by atoms with Gasteiger partial charge in [-0.3, -0.25) is 9.59 Å². The molecule has 4 aromatic carbocycles. The molecule has 238 valence electrons. The van der Waals surface area contributed by atoms with Crippen LogP contribution >= 0.6 is 0 Å². The van der Waals surface area contributed by atoms with E-state index in [1.54, 1.807) is 12.1 Å². The average molecular weight is 631 g/mol. The fourth-order valence-electron chi connectivity index (χ4n) is 6.57. The molecule has 0 unspecified atom stereocenters. The molecule has 2 aliphatic rings. The van der Waals surface area contributed by atoms with E-state index >= 15 is 0 Å². The predicted octanol–water partition coefficient (Wildman–Crippen LogP) is 4.62. The second-order valence-corrected chi connectivity index (χ2v) is 11.6. The SMILES string of the molecule is COc1cc2cc3c(c(O)c2c(O)c1-c1c(OC)cc2cc4c(c(O)c2c1O)C(=O)O[C@H](CC(C)=O)C4)C(=O)O[C@H](CC(C)=O)C3. The van der Waals surface area contributed by atoms with Gasteiger partial charge in [0.15, 0.2) is 0 Å². The summed E-state index contributed by atoms with van der Waals surface area (Å²) in [7, 11) is 2.66. The smallest absolute Gasteiger partial charge is 0.342 e. The van der Waals surface area contributed by atoms with Crippen molar-refractivity contribution in [1.82, 2.24) is 0 Å². The number of hydrogen-bond acceptors (Lipinski definition) is 12. The van der Waals surface area contributed by atoms with E-state index in [0.717, 1.165) is 0 Å². The van der Waals surface area contributed by atoms with Crippen molar-refractivity contribution in [2.45, 2.75) is 51.7 Å². The monoisotopic (exact) mass is 630 g/mol. The first-order valence-electron chi connectivity index (χ1n) is 14.4. The van der Waals surface area contributed by atoms with Gasteiger partial charge < -0.3 is 39.4 Å². The lowest BCUT2D eigenvalue weighted by Crippen LogP contribution is -2.29. The Morgan fingerprint density at radius 2 is 1.00 bits per heavy atom. The van der Waals surface area contributed by atoms with Gasteiger partial charge >= 0.3 is 11.9 Å². The maximum Gasteiger partial charge on any atom is 0.342 e. The Labute approximate surface area is 261 Å². The van der Waals surface area contributed by atoms with E-state index in [9.17, 15) is 39.6 Å². The number of carbonyl (C=O) groups is 4. The Morgan fingerprint density at radius 1 is 0.652 bits per heavy atom. The lowest BCUT2D eigenvalue weighted by atomic mass is 9.87. The second-order valence-electron chi connectivity index (χ2n) is 11.6. The van der Waals surface area contributed by atoms with Gasteiger partial charge in [0.05, 0.1) is 36.1 Å². The zero-order valence-electron chi connectivity index (χ0n) is 25.3. The molecule has 0 saturated heterocycles. The number of rotatable bonds is 7. The van der Waals surface area contributed by atoms with Crippen molar-refractivity contribution >= 4 is 45.0 Å². The number of cyclic esters (lactones) is 2. The molecule has 2 heterocycles. The van der Waals surface area contributed by atoms with Gasteiger partial charge in [0.2, 0.25) is 0 Å². The Balaban J connectivity index is 1.59. The molecule has 0 aliphatic carbocycles. The number of phenols is 4. The summed E-state index contributed by atoms with van der Waals surface area (Å²) in [4.78, 5) is 49.2. The van der Waals surface area contributed by atoms with Crippen LogP contribution in [0, 0.1) is 0 Å². The number of hydrogen-bond donors (Lipinski definition) is 4. The lowest BCUT2D eigenvalue weighted by Gasteiger charge is -2.27. The number of benzene rings is 4. The molecule has 0 spiro atoms. The van der Waals surface area contributed by atoms with Gasteiger partial charge in [0.1, 0.15) is 69.4 Å². The topological polar surface area (TPSA) is 186 Å². The Morgan fingerprint density at radius 3 is 1.33 bits per heavy atom. The summed E-state index contributed by atoms with van der Waals surface area (Å²) < 4.78 is 22.0. The number of carbonyl (C=O) groups excluding carboxylic acids is 4. The molecular weight excluding hydrogens is 600 g/mol. The Bertz CT molecular complexity index is 1880. The highest BCUT2D eigenvalue weighted by Gasteiger charge is 2.36. The quantitative estimate of drug-likeness (QED) is 0.208. The molecule has 6 rings (SSSR count). The van der Waals surface area contributed by atoms with E-state index in [2.05, 4.69) is 0 Å². The van der Waals surface area contributed by atoms with Crippen LogP contribution in [0.3, 0.4) is 0 Å². The van der Waals surface area contributed by atoms with Gasteiger partial charge in [-0.25, -0.2) is 9.59 Å². The fourth-order valence-corrected chi connectivity index (χ4v) is 6.57. The number of Topliss-reactive ketones (excluding diaryl/α,β-unsaturated/α-hetero) is 2. The number of aromatic hydroxyl groups is 4. The van der Waals surface area contributed by atoms with Gasteiger partial charge in [-0.2, -0.15) is 0 Å². The molecule has 2 atom stereocenters. The first-order valence-corrected chi connectivity index (χ1v) is 14.4. The van der Waals surface area contributed by atoms with Crippen LogP contribution in [0.2, 0.25) is 0 Å². The van der Waals surface area contributed by atoms with Crippen LogP contribution in [-0.4, -0.2) is 70.4 Å². The van der Waals surface area contributed by atoms with Gasteiger partial charge in [0, 0.05) is 25.7 Å². The normalized spacial score (nSPS) is 17.2. The van der Waals surface area contributed by atoms with Gasteiger partial charge in [-0.15, -0.1) is 0 Å². The number of methoxy groups -OCH3 is 2. The summed E-state index contributed by atoms with van der Waals surface area (Å²) in [6.07, 6.45) is -1.08. The first kappa shape index (κ1) is 30.5. The highest BCUT2D eigenvalue weighted by atomic mass is 16.6. The van der Waals surface area contributed by atoms with E-state index in [0.29, 0.717) is 21.9 Å². The third-order valence-electron chi connectivity index (χ3n) is 8.41. The molecule has 12 heteroatoms. The van der Waals surface area contributed by atoms with Crippen molar-refractivity contribution in [3.05, 3.63) is 46.5 Å². The van der Waals surface area contributed by atoms with Crippen molar-refractivity contribution in [2.75, 3.05) is 14.2 Å². The third-order valence-corrected chi connectivity index (χ3v) is 8.41. The largest absolute Gasteiger partial charge is 0.506 e. The molecule has 2 aliphatic heterocycles. The van der Waals surface area contributed by atoms with Crippen molar-refractivity contribution in [1.29, 1.82) is 0 Å². The van der Waals surface area contributed by atoms with Gasteiger partial charge in [-0.1, -0.05) is 0 Å². The van der Waals surface area contributed by atoms with E-state index in [4.69, 9.17) is 18.9 Å². The van der Waals surface area contributed by atoms with Crippen LogP contribution in [0.15, 0.2) is 24.3 Å². The summed E-state index contributed by atoms with van der Waals surface area (Å²) in [5, 5.41) is 46.4. The minimum absolute atomic E-state index is 0.00525. The summed E-state index contributed by atoms with van der Waals surface area (Å²) in [5.41, 5.74) is 0.223. The maximum absolute atomic E-state index is 12.9. The molecule has 0 radical (unpaired) electrons. The first-order chi connectivity index (χ1) is 21.8. The third kappa shape index (κ3) is 4.77. The molecule has 46 heavy (non-hydrogen) atoms. The molecule has 0 amide bonds. The summed E-state index contributed by atoms with van der Waals surface area (Å²) in [5.74, 6) is -4.27. The second kappa shape index (κ2) is 11.1. The highest BCUT2D eigenvalue weighted by molar-refractivity contribution is 6.13. The molecule has 4 N–H and O–H groups in total. The van der Waals surface area contributed by atoms with Gasteiger partial charge in [-0.05, 0) is 60.0 Å². The van der Waals surface area contributed by atoms with Crippen LogP contribution in [-0.2, 0) is 31.9 Å². The fraction of sp³-hybridized carbons (Fsp3) is 0.294. The molecular formula is C34H30O12. The van der Waals surface area contributed by atoms with Crippen LogP contribution in [0.5, 0.6) is 34.5 Å². The average Bonchev–Trinajstić information content (AvgIpc) is 2.95. The molecule has 0 fully saturated rings. The lowest BCUT2D eigenvalue weighted by molar-refractivity contribution is -0.120. The number of fused-ring (bicyclic) bond motifs is 4. The Kier molecular flexibility index (Phi) is 7.38. The van der Waals surface area contributed by atoms with E-state index in [1.165, 1.54) is 40.2 Å². The minimum Gasteiger partial charge on any atom is -0.506 e. The molecule has 12 nitrogen and oxygen atoms in total. The number of ketones is 2. The zero-order valence-corrected chi connectivity index (χ0v) is 25.3. The van der Waals surface area contributed by atoms with Crippen molar-refractivity contribution in [2.24, 2.45) is 0 Å². The Hall–Kier alpha value is -5.52. The number of esters is 2. The number of phenolic OH excluding ortho intramolecular Hbond substituents is 4. The van der Waals surface area contributed by atoms with E-state index in [1.807, 2.05) is 0 Å². The number of ether oxygens (including phenoxy) is 4. The molecule has 4 aromatic rings. The summed E-state index contributed by atoms with van der Waals surface area (Å²) >= 11 is 0. The standard InChI is InChI=1S/C34H30O12/c1-13(35)5-19-9-15-7-17-11-21(43-3)27(31(39)23(17)29(37)25(15)33(41)45-19)28-22(44-4)12-18-8-16-10-20(6-14(2)36)46-34(42)26(16)30(38)24(18)32(28)40/h7-8,11-12,19-20,37-40H,5-6,9-10H2,1-4H3/t19-,20-/m1/s1. The predicted molar refractivity (Wildman–Crippen MR) is 163 cm³/mol. The molecule has 0 bridgehead atoms. The van der Waals surface area contributed by atoms with Crippen molar-refractivity contribution in [3.8, 4) is 45.6 Å². The molecule has 0 saturated carbocycles. The van der Waals surface area contributed by atoms with Gasteiger partial charge in [0.25, 0.3) is 0 Å². The molecule has 0 aromatic heterocycles. The van der Waals surface area contributed by atoms with Crippen molar-refractivity contribution in [3.63, 3.8) is 0 Å². The van der Waals surface area contributed by atoms with Crippen molar-refractivity contribution < 1.29 is 58.6 Å². The van der Waals surface area contributed by atoms with Crippen LogP contribution < -0.4 is 9.47 Å². The van der Waals surface area contributed by atoms with E-state index in [-0.39, 0.29) is 81.8 Å². The highest BCUT2D eigenvalue weighted by Crippen LogP contribution is 2.56.